The van der Waals surface area contributed by atoms with Crippen LogP contribution >= 0.6 is 0 Å². The lowest BCUT2D eigenvalue weighted by molar-refractivity contribution is 0.559. The minimum Gasteiger partial charge on any atom is -0.361 e. The molecule has 0 saturated carbocycles. The molecule has 0 fully saturated rings. The zero-order chi connectivity index (χ0) is 13.2. The Hall–Kier alpha value is -1.88. The lowest BCUT2D eigenvalue weighted by Gasteiger charge is -2.29. The molecule has 1 aliphatic rings. The Morgan fingerprint density at radius 2 is 2.21 bits per heavy atom. The summed E-state index contributed by atoms with van der Waals surface area (Å²) in [7, 11) is 0. The minimum atomic E-state index is 0.0364. The highest BCUT2D eigenvalue weighted by molar-refractivity contribution is 5.45. The third kappa shape index (κ3) is 2.33. The van der Waals surface area contributed by atoms with Gasteiger partial charge in [-0.25, -0.2) is 4.98 Å². The highest BCUT2D eigenvalue weighted by Gasteiger charge is 2.17. The molecule has 1 atom stereocenters. The van der Waals surface area contributed by atoms with Crippen molar-refractivity contribution in [3.63, 3.8) is 0 Å². The molecule has 100 valence electrons. The summed E-state index contributed by atoms with van der Waals surface area (Å²) < 4.78 is 2.20. The molecule has 0 saturated heterocycles. The van der Waals surface area contributed by atoms with Crippen molar-refractivity contribution in [3.8, 4) is 0 Å². The van der Waals surface area contributed by atoms with Crippen molar-refractivity contribution in [2.45, 2.75) is 32.5 Å². The van der Waals surface area contributed by atoms with Crippen LogP contribution in [0.1, 0.15) is 30.9 Å². The van der Waals surface area contributed by atoms with Gasteiger partial charge in [-0.3, -0.25) is 4.98 Å². The second kappa shape index (κ2) is 5.01. The van der Waals surface area contributed by atoms with Crippen LogP contribution in [0, 0.1) is 0 Å². The Kier molecular flexibility index (Phi) is 3.21. The summed E-state index contributed by atoms with van der Waals surface area (Å²) in [5, 5.41) is 0. The highest BCUT2D eigenvalue weighted by Crippen LogP contribution is 2.21. The van der Waals surface area contributed by atoms with E-state index in [0.29, 0.717) is 0 Å². The average molecular weight is 257 g/mol. The van der Waals surface area contributed by atoms with Gasteiger partial charge in [-0.1, -0.05) is 6.92 Å². The maximum Gasteiger partial charge on any atom is 0.128 e. The first-order valence-electron chi connectivity index (χ1n) is 6.74. The maximum atomic E-state index is 5.98. The summed E-state index contributed by atoms with van der Waals surface area (Å²) in [4.78, 5) is 11.1. The number of imidazole rings is 1. The Morgan fingerprint density at radius 1 is 1.32 bits per heavy atom. The van der Waals surface area contributed by atoms with Crippen LogP contribution in [0.5, 0.6) is 0 Å². The predicted molar refractivity (Wildman–Crippen MR) is 74.7 cm³/mol. The molecule has 0 spiro atoms. The number of hydrogen-bond acceptors (Lipinski definition) is 4. The Bertz CT molecular complexity index is 545. The second-order valence-electron chi connectivity index (χ2n) is 4.91. The average Bonchev–Trinajstić information content (AvgIpc) is 2.94. The molecule has 5 heteroatoms. The fraction of sp³-hybridized carbons (Fsp3) is 0.429. The largest absolute Gasteiger partial charge is 0.361 e. The first kappa shape index (κ1) is 12.2. The van der Waals surface area contributed by atoms with E-state index in [4.69, 9.17) is 5.73 Å². The smallest absolute Gasteiger partial charge is 0.128 e. The molecule has 2 aromatic rings. The molecule has 1 aliphatic heterocycles. The lowest BCUT2D eigenvalue weighted by atomic mass is 10.1. The van der Waals surface area contributed by atoms with Crippen molar-refractivity contribution < 1.29 is 0 Å². The van der Waals surface area contributed by atoms with E-state index >= 15 is 0 Å². The monoisotopic (exact) mass is 257 g/mol. The van der Waals surface area contributed by atoms with Gasteiger partial charge in [0.05, 0.1) is 24.1 Å². The fourth-order valence-corrected chi connectivity index (χ4v) is 2.41. The van der Waals surface area contributed by atoms with E-state index in [9.17, 15) is 0 Å². The van der Waals surface area contributed by atoms with Gasteiger partial charge in [-0.2, -0.15) is 0 Å². The van der Waals surface area contributed by atoms with Crippen LogP contribution in [-0.4, -0.2) is 21.1 Å². The van der Waals surface area contributed by atoms with E-state index in [1.54, 1.807) is 0 Å². The Morgan fingerprint density at radius 3 is 2.95 bits per heavy atom. The first-order chi connectivity index (χ1) is 9.28. The second-order valence-corrected chi connectivity index (χ2v) is 4.91. The molecular weight excluding hydrogens is 238 g/mol. The molecule has 3 rings (SSSR count). The van der Waals surface area contributed by atoms with E-state index in [0.717, 1.165) is 43.3 Å². The van der Waals surface area contributed by atoms with Crippen molar-refractivity contribution in [2.75, 3.05) is 11.4 Å². The summed E-state index contributed by atoms with van der Waals surface area (Å²) in [6, 6.07) is 4.18. The molecule has 5 nitrogen and oxygen atoms in total. The number of pyridine rings is 1. The number of nitrogens with two attached hydrogens (primary N) is 1. The fourth-order valence-electron chi connectivity index (χ4n) is 2.41. The van der Waals surface area contributed by atoms with Crippen LogP contribution in [-0.2, 0) is 13.1 Å². The quantitative estimate of drug-likeness (QED) is 0.909. The summed E-state index contributed by atoms with van der Waals surface area (Å²) in [6.07, 6.45) is 6.73. The molecule has 0 unspecified atom stereocenters. The molecule has 0 bridgehead atoms. The molecule has 0 aromatic carbocycles. The van der Waals surface area contributed by atoms with Crippen LogP contribution in [0.2, 0.25) is 0 Å². The number of fused-ring (bicyclic) bond motifs is 1. The number of rotatable bonds is 3. The van der Waals surface area contributed by atoms with Crippen molar-refractivity contribution in [1.29, 1.82) is 0 Å². The van der Waals surface area contributed by atoms with Crippen LogP contribution in [0.4, 0.5) is 5.69 Å². The summed E-state index contributed by atoms with van der Waals surface area (Å²) in [5.41, 5.74) is 8.09. The molecule has 2 aromatic heterocycles. The third-order valence-electron chi connectivity index (χ3n) is 3.70. The van der Waals surface area contributed by atoms with E-state index in [1.807, 2.05) is 24.7 Å². The van der Waals surface area contributed by atoms with E-state index in [-0.39, 0.29) is 6.04 Å². The summed E-state index contributed by atoms with van der Waals surface area (Å²) in [6.45, 7) is 4.88. The van der Waals surface area contributed by atoms with Gasteiger partial charge in [-0.05, 0) is 18.6 Å². The number of nitrogens with zero attached hydrogens (tertiary/aromatic N) is 4. The summed E-state index contributed by atoms with van der Waals surface area (Å²) >= 11 is 0. The molecule has 2 N–H and O–H groups in total. The van der Waals surface area contributed by atoms with Gasteiger partial charge in [0.1, 0.15) is 5.82 Å². The topological polar surface area (TPSA) is 60.0 Å². The van der Waals surface area contributed by atoms with Gasteiger partial charge < -0.3 is 15.2 Å². The standard InChI is InChI=1S/C14H19N5/c1-2-12(15)13-4-3-11(9-17-13)19-8-7-18-6-5-16-14(18)10-19/h3-6,9,12H,2,7-8,10,15H2,1H3/t12-/m1/s1. The van der Waals surface area contributed by atoms with Gasteiger partial charge in [0, 0.05) is 31.5 Å². The minimum absolute atomic E-state index is 0.0364. The molecule has 0 radical (unpaired) electrons. The van der Waals surface area contributed by atoms with Crippen LogP contribution < -0.4 is 10.6 Å². The number of hydrogen-bond donors (Lipinski definition) is 1. The van der Waals surface area contributed by atoms with Gasteiger partial charge in [0.25, 0.3) is 0 Å². The Balaban J connectivity index is 1.77. The van der Waals surface area contributed by atoms with E-state index in [1.165, 1.54) is 0 Å². The van der Waals surface area contributed by atoms with Crippen molar-refractivity contribution in [2.24, 2.45) is 5.73 Å². The van der Waals surface area contributed by atoms with Gasteiger partial charge in [0.2, 0.25) is 0 Å². The van der Waals surface area contributed by atoms with Gasteiger partial charge in [-0.15, -0.1) is 0 Å². The normalized spacial score (nSPS) is 16.2. The van der Waals surface area contributed by atoms with Gasteiger partial charge >= 0.3 is 0 Å². The van der Waals surface area contributed by atoms with E-state index in [2.05, 4.69) is 32.4 Å². The Labute approximate surface area is 113 Å². The van der Waals surface area contributed by atoms with Crippen molar-refractivity contribution >= 4 is 5.69 Å². The van der Waals surface area contributed by atoms with Crippen LogP contribution in [0.25, 0.3) is 0 Å². The molecule has 19 heavy (non-hydrogen) atoms. The van der Waals surface area contributed by atoms with E-state index < -0.39 is 0 Å². The molecular formula is C14H19N5. The van der Waals surface area contributed by atoms with Crippen molar-refractivity contribution in [3.05, 3.63) is 42.2 Å². The number of anilines is 1. The highest BCUT2D eigenvalue weighted by atomic mass is 15.2. The maximum absolute atomic E-state index is 5.98. The molecule has 3 heterocycles. The van der Waals surface area contributed by atoms with Crippen LogP contribution in [0.3, 0.4) is 0 Å². The lowest BCUT2D eigenvalue weighted by Crippen LogP contribution is -2.33. The van der Waals surface area contributed by atoms with Crippen LogP contribution in [0.15, 0.2) is 30.7 Å². The zero-order valence-electron chi connectivity index (χ0n) is 11.2. The van der Waals surface area contributed by atoms with Gasteiger partial charge in [0.15, 0.2) is 0 Å². The first-order valence-corrected chi connectivity index (χ1v) is 6.74. The number of aromatic nitrogens is 3. The molecule has 0 aliphatic carbocycles. The SMILES string of the molecule is CC[C@@H](N)c1ccc(N2CCn3ccnc3C2)cn1. The third-order valence-corrected chi connectivity index (χ3v) is 3.70. The predicted octanol–water partition coefficient (Wildman–Crippen LogP) is 1.71. The van der Waals surface area contributed by atoms with Crippen molar-refractivity contribution in [1.82, 2.24) is 14.5 Å². The molecule has 0 amide bonds. The zero-order valence-corrected chi connectivity index (χ0v) is 11.2. The summed E-state index contributed by atoms with van der Waals surface area (Å²) in [5.74, 6) is 1.11.